The summed E-state index contributed by atoms with van der Waals surface area (Å²) in [6.07, 6.45) is 1.82. The molecule has 10 heteroatoms. The van der Waals surface area contributed by atoms with E-state index in [0.29, 0.717) is 12.4 Å². The van der Waals surface area contributed by atoms with Crippen LogP contribution >= 0.6 is 0 Å². The number of aromatic nitrogens is 4. The van der Waals surface area contributed by atoms with Crippen LogP contribution in [-0.4, -0.2) is 31.8 Å². The molecule has 22 heavy (non-hydrogen) atoms. The van der Waals surface area contributed by atoms with Crippen molar-refractivity contribution >= 4 is 17.5 Å². The van der Waals surface area contributed by atoms with Crippen molar-refractivity contribution in [3.05, 3.63) is 27.6 Å². The van der Waals surface area contributed by atoms with E-state index in [1.54, 1.807) is 18.8 Å². The molecule has 0 unspecified atom stereocenters. The molecule has 0 bridgehead atoms. The van der Waals surface area contributed by atoms with Crippen molar-refractivity contribution in [1.82, 2.24) is 19.7 Å². The molecule has 0 atom stereocenters. The summed E-state index contributed by atoms with van der Waals surface area (Å²) < 4.78 is 6.98. The van der Waals surface area contributed by atoms with E-state index >= 15 is 0 Å². The molecule has 0 aliphatic heterocycles. The second-order valence-corrected chi connectivity index (χ2v) is 4.49. The Morgan fingerprint density at radius 1 is 1.55 bits per heavy atom. The van der Waals surface area contributed by atoms with Crippen molar-refractivity contribution in [2.45, 2.75) is 19.9 Å². The summed E-state index contributed by atoms with van der Waals surface area (Å²) in [5.74, 6) is 0.659. The molecule has 0 saturated carbocycles. The molecule has 0 saturated heterocycles. The highest BCUT2D eigenvalue weighted by Gasteiger charge is 2.17. The summed E-state index contributed by atoms with van der Waals surface area (Å²) in [6.45, 7) is 2.36. The first-order valence-corrected chi connectivity index (χ1v) is 6.57. The smallest absolute Gasteiger partial charge is 0.329 e. The number of ether oxygens (including phenoxy) is 1. The number of methoxy groups -OCH3 is 1. The van der Waals surface area contributed by atoms with E-state index < -0.39 is 4.92 Å². The van der Waals surface area contributed by atoms with Crippen LogP contribution in [0.25, 0.3) is 0 Å². The highest BCUT2D eigenvalue weighted by Crippen LogP contribution is 2.23. The first kappa shape index (κ1) is 15.5. The third-order valence-corrected chi connectivity index (χ3v) is 3.12. The van der Waals surface area contributed by atoms with Crippen LogP contribution in [0.4, 0.5) is 17.5 Å². The second kappa shape index (κ2) is 6.24. The first-order valence-electron chi connectivity index (χ1n) is 6.57. The fourth-order valence-electron chi connectivity index (χ4n) is 2.10. The normalized spacial score (nSPS) is 10.5. The largest absolute Gasteiger partial charge is 0.481 e. The van der Waals surface area contributed by atoms with Crippen LogP contribution in [0, 0.1) is 10.1 Å². The third kappa shape index (κ3) is 2.90. The number of nitrogen functional groups attached to an aromatic ring is 1. The lowest BCUT2D eigenvalue weighted by atomic mass is 10.2. The van der Waals surface area contributed by atoms with Gasteiger partial charge in [-0.2, -0.15) is 10.1 Å². The van der Waals surface area contributed by atoms with Crippen molar-refractivity contribution in [3.63, 3.8) is 0 Å². The SMILES string of the molecule is CCc1nn(C)c(OC)c1CNc1ncc([N+](=O)[O-])c(N)n1. The number of hydrogen-bond acceptors (Lipinski definition) is 8. The van der Waals surface area contributed by atoms with E-state index in [4.69, 9.17) is 10.5 Å². The summed E-state index contributed by atoms with van der Waals surface area (Å²) in [6, 6.07) is 0. The minimum absolute atomic E-state index is 0.184. The summed E-state index contributed by atoms with van der Waals surface area (Å²) in [5.41, 5.74) is 6.99. The highest BCUT2D eigenvalue weighted by atomic mass is 16.6. The Hall–Kier alpha value is -2.91. The number of nitrogens with two attached hydrogens (primary N) is 1. The summed E-state index contributed by atoms with van der Waals surface area (Å²) >= 11 is 0. The Bertz CT molecular complexity index is 698. The molecule has 2 aromatic rings. The number of rotatable bonds is 6. The maximum absolute atomic E-state index is 10.7. The maximum Gasteiger partial charge on any atom is 0.329 e. The average molecular weight is 307 g/mol. The van der Waals surface area contributed by atoms with Gasteiger partial charge < -0.3 is 15.8 Å². The van der Waals surface area contributed by atoms with Crippen molar-refractivity contribution in [3.8, 4) is 5.88 Å². The van der Waals surface area contributed by atoms with Crippen molar-refractivity contribution < 1.29 is 9.66 Å². The predicted molar refractivity (Wildman–Crippen MR) is 79.6 cm³/mol. The molecule has 0 fully saturated rings. The first-order chi connectivity index (χ1) is 10.5. The lowest BCUT2D eigenvalue weighted by Gasteiger charge is -2.07. The number of nitrogens with one attached hydrogen (secondary N) is 1. The van der Waals surface area contributed by atoms with Gasteiger partial charge in [-0.1, -0.05) is 6.92 Å². The van der Waals surface area contributed by atoms with Gasteiger partial charge in [0.15, 0.2) is 0 Å². The van der Waals surface area contributed by atoms with Gasteiger partial charge in [-0.05, 0) is 6.42 Å². The number of aryl methyl sites for hydroxylation is 2. The Balaban J connectivity index is 2.20. The molecule has 0 radical (unpaired) electrons. The van der Waals surface area contributed by atoms with Crippen LogP contribution in [0.2, 0.25) is 0 Å². The number of hydrogen-bond donors (Lipinski definition) is 2. The molecule has 0 spiro atoms. The number of nitro groups is 1. The van der Waals surface area contributed by atoms with E-state index in [1.807, 2.05) is 6.92 Å². The average Bonchev–Trinajstić information content (AvgIpc) is 2.79. The Labute approximate surface area is 126 Å². The third-order valence-electron chi connectivity index (χ3n) is 3.12. The van der Waals surface area contributed by atoms with Crippen LogP contribution in [0.3, 0.4) is 0 Å². The zero-order valence-electron chi connectivity index (χ0n) is 12.5. The molecule has 2 aromatic heterocycles. The molecule has 3 N–H and O–H groups in total. The lowest BCUT2D eigenvalue weighted by molar-refractivity contribution is -0.384. The van der Waals surface area contributed by atoms with Crippen LogP contribution in [0.1, 0.15) is 18.2 Å². The van der Waals surface area contributed by atoms with Gasteiger partial charge >= 0.3 is 5.69 Å². The topological polar surface area (TPSA) is 134 Å². The van der Waals surface area contributed by atoms with Crippen molar-refractivity contribution in [1.29, 1.82) is 0 Å². The van der Waals surface area contributed by atoms with E-state index in [0.717, 1.165) is 23.9 Å². The molecule has 2 heterocycles. The van der Waals surface area contributed by atoms with Gasteiger partial charge in [0.2, 0.25) is 17.6 Å². The zero-order valence-corrected chi connectivity index (χ0v) is 12.5. The van der Waals surface area contributed by atoms with E-state index in [1.165, 1.54) is 0 Å². The quantitative estimate of drug-likeness (QED) is 0.593. The number of anilines is 2. The van der Waals surface area contributed by atoms with Crippen molar-refractivity contribution in [2.75, 3.05) is 18.2 Å². The Morgan fingerprint density at radius 2 is 2.27 bits per heavy atom. The summed E-state index contributed by atoms with van der Waals surface area (Å²) in [5, 5.41) is 18.0. The lowest BCUT2D eigenvalue weighted by Crippen LogP contribution is -2.08. The fraction of sp³-hybridized carbons (Fsp3) is 0.417. The summed E-state index contributed by atoms with van der Waals surface area (Å²) in [7, 11) is 3.36. The zero-order chi connectivity index (χ0) is 16.3. The van der Waals surface area contributed by atoms with Gasteiger partial charge in [0.1, 0.15) is 6.20 Å². The van der Waals surface area contributed by atoms with E-state index in [-0.39, 0.29) is 17.5 Å². The minimum Gasteiger partial charge on any atom is -0.481 e. The monoisotopic (exact) mass is 307 g/mol. The predicted octanol–water partition coefficient (Wildman–Crippen LogP) is 0.884. The van der Waals surface area contributed by atoms with Crippen LogP contribution in [0.15, 0.2) is 6.20 Å². The van der Waals surface area contributed by atoms with Gasteiger partial charge in [0.25, 0.3) is 0 Å². The molecule has 0 aliphatic carbocycles. The van der Waals surface area contributed by atoms with Crippen molar-refractivity contribution in [2.24, 2.45) is 7.05 Å². The Kier molecular flexibility index (Phi) is 4.39. The Morgan fingerprint density at radius 3 is 2.82 bits per heavy atom. The van der Waals surface area contributed by atoms with E-state index in [2.05, 4.69) is 20.4 Å². The second-order valence-electron chi connectivity index (χ2n) is 4.49. The molecule has 118 valence electrons. The van der Waals surface area contributed by atoms with Crippen LogP contribution in [-0.2, 0) is 20.0 Å². The minimum atomic E-state index is -0.627. The molecular weight excluding hydrogens is 290 g/mol. The van der Waals surface area contributed by atoms with Gasteiger partial charge in [-0.15, -0.1) is 0 Å². The van der Waals surface area contributed by atoms with E-state index in [9.17, 15) is 10.1 Å². The standard InChI is InChI=1S/C12H17N7O3/c1-4-8-7(11(22-3)18(2)17-8)5-14-12-15-6-9(19(20)21)10(13)16-12/h6H,4-5H2,1-3H3,(H3,13,14,15,16). The molecule has 0 aromatic carbocycles. The molecule has 2 rings (SSSR count). The van der Waals surface area contributed by atoms with Crippen LogP contribution < -0.4 is 15.8 Å². The highest BCUT2D eigenvalue weighted by molar-refractivity contribution is 5.53. The van der Waals surface area contributed by atoms with Gasteiger partial charge in [0, 0.05) is 7.05 Å². The molecular formula is C12H17N7O3. The molecule has 10 nitrogen and oxygen atoms in total. The van der Waals surface area contributed by atoms with Gasteiger partial charge in [-0.3, -0.25) is 10.1 Å². The van der Waals surface area contributed by atoms with Crippen LogP contribution in [0.5, 0.6) is 5.88 Å². The molecule has 0 aliphatic rings. The van der Waals surface area contributed by atoms with Gasteiger partial charge in [0.05, 0.1) is 29.8 Å². The number of nitrogens with zero attached hydrogens (tertiary/aromatic N) is 5. The summed E-state index contributed by atoms with van der Waals surface area (Å²) in [4.78, 5) is 17.8. The van der Waals surface area contributed by atoms with Gasteiger partial charge in [-0.25, -0.2) is 9.67 Å². The molecule has 0 amide bonds. The fourth-order valence-corrected chi connectivity index (χ4v) is 2.10. The maximum atomic E-state index is 10.7.